The summed E-state index contributed by atoms with van der Waals surface area (Å²) in [6, 6.07) is 1.62. The molecule has 2 heterocycles. The van der Waals surface area contributed by atoms with Gasteiger partial charge in [-0.15, -0.1) is 0 Å². The van der Waals surface area contributed by atoms with Crippen molar-refractivity contribution in [3.63, 3.8) is 0 Å². The van der Waals surface area contributed by atoms with E-state index in [4.69, 9.17) is 0 Å². The summed E-state index contributed by atoms with van der Waals surface area (Å²) < 4.78 is 0. The summed E-state index contributed by atoms with van der Waals surface area (Å²) in [6.45, 7) is 6.34. The van der Waals surface area contributed by atoms with Crippen LogP contribution in [0.4, 0.5) is 5.82 Å². The molecule has 0 aliphatic carbocycles. The van der Waals surface area contributed by atoms with Crippen LogP contribution >= 0.6 is 0 Å². The monoisotopic (exact) mass is 235 g/mol. The topological polar surface area (TPSA) is 49.0 Å². The molecule has 1 atom stereocenters. The second kappa shape index (κ2) is 5.34. The number of hydrogen-bond donors (Lipinski definition) is 1. The van der Waals surface area contributed by atoms with E-state index in [0.717, 1.165) is 37.1 Å². The van der Waals surface area contributed by atoms with Gasteiger partial charge in [-0.2, -0.15) is 0 Å². The molecule has 2 rings (SSSR count). The maximum absolute atomic E-state index is 11.5. The van der Waals surface area contributed by atoms with Crippen molar-refractivity contribution < 1.29 is 0 Å². The Hall–Kier alpha value is -1.32. The van der Waals surface area contributed by atoms with Crippen molar-refractivity contribution in [2.75, 3.05) is 18.0 Å². The van der Waals surface area contributed by atoms with Crippen LogP contribution in [0, 0.1) is 5.92 Å². The Morgan fingerprint density at radius 2 is 2.29 bits per heavy atom. The van der Waals surface area contributed by atoms with E-state index in [9.17, 15) is 4.79 Å². The van der Waals surface area contributed by atoms with Crippen molar-refractivity contribution in [2.24, 2.45) is 5.92 Å². The maximum Gasteiger partial charge on any atom is 0.252 e. The lowest BCUT2D eigenvalue weighted by Crippen LogP contribution is -2.27. The smallest absolute Gasteiger partial charge is 0.252 e. The molecule has 4 nitrogen and oxygen atoms in total. The minimum absolute atomic E-state index is 0.0378. The van der Waals surface area contributed by atoms with E-state index in [1.165, 1.54) is 19.3 Å². The molecule has 1 aliphatic rings. The molecule has 1 fully saturated rings. The van der Waals surface area contributed by atoms with Gasteiger partial charge in [0.25, 0.3) is 5.56 Å². The lowest BCUT2D eigenvalue weighted by atomic mass is 10.0. The fourth-order valence-corrected chi connectivity index (χ4v) is 2.32. The standard InChI is InChI=1S/C13H21N3O/c1-3-11-14-12(9-13(17)15-11)16-7-4-5-10(2)6-8-16/h9-10H,3-8H2,1-2H3,(H,14,15,17). The number of aromatic amines is 1. The highest BCUT2D eigenvalue weighted by atomic mass is 16.1. The van der Waals surface area contributed by atoms with Crippen LogP contribution in [0.2, 0.25) is 0 Å². The lowest BCUT2D eigenvalue weighted by Gasteiger charge is -2.21. The first-order valence-corrected chi connectivity index (χ1v) is 6.54. The molecule has 1 aliphatic heterocycles. The first kappa shape index (κ1) is 12.1. The van der Waals surface area contributed by atoms with Gasteiger partial charge in [0.1, 0.15) is 11.6 Å². The SMILES string of the molecule is CCc1nc(N2CCCC(C)CC2)cc(=O)[nH]1. The zero-order chi connectivity index (χ0) is 12.3. The highest BCUT2D eigenvalue weighted by Crippen LogP contribution is 2.20. The Kier molecular flexibility index (Phi) is 3.82. The average Bonchev–Trinajstić information content (AvgIpc) is 2.53. The highest BCUT2D eigenvalue weighted by Gasteiger charge is 2.15. The summed E-state index contributed by atoms with van der Waals surface area (Å²) in [7, 11) is 0. The van der Waals surface area contributed by atoms with Crippen LogP contribution in [0.5, 0.6) is 0 Å². The van der Waals surface area contributed by atoms with E-state index in [1.807, 2.05) is 6.92 Å². The van der Waals surface area contributed by atoms with Crippen LogP contribution in [-0.2, 0) is 6.42 Å². The third-order valence-corrected chi connectivity index (χ3v) is 3.45. The number of rotatable bonds is 2. The molecule has 1 unspecified atom stereocenters. The summed E-state index contributed by atoms with van der Waals surface area (Å²) in [4.78, 5) is 21.1. The van der Waals surface area contributed by atoms with Crippen LogP contribution in [0.3, 0.4) is 0 Å². The van der Waals surface area contributed by atoms with Gasteiger partial charge in [0.2, 0.25) is 0 Å². The molecule has 94 valence electrons. The number of anilines is 1. The van der Waals surface area contributed by atoms with Gasteiger partial charge in [-0.05, 0) is 25.2 Å². The third kappa shape index (κ3) is 3.08. The summed E-state index contributed by atoms with van der Waals surface area (Å²) in [6.07, 6.45) is 4.43. The molecule has 0 amide bonds. The minimum atomic E-state index is -0.0378. The lowest BCUT2D eigenvalue weighted by molar-refractivity contribution is 0.521. The second-order valence-electron chi connectivity index (χ2n) is 4.93. The summed E-state index contributed by atoms with van der Waals surface area (Å²) in [5, 5.41) is 0. The number of aryl methyl sites for hydroxylation is 1. The van der Waals surface area contributed by atoms with E-state index < -0.39 is 0 Å². The molecule has 4 heteroatoms. The molecular weight excluding hydrogens is 214 g/mol. The number of aromatic nitrogens is 2. The van der Waals surface area contributed by atoms with Gasteiger partial charge in [-0.3, -0.25) is 4.79 Å². The Morgan fingerprint density at radius 3 is 3.06 bits per heavy atom. The van der Waals surface area contributed by atoms with E-state index >= 15 is 0 Å². The Labute approximate surface area is 102 Å². The predicted octanol–water partition coefficient (Wildman–Crippen LogP) is 1.96. The van der Waals surface area contributed by atoms with Gasteiger partial charge in [-0.25, -0.2) is 4.98 Å². The minimum Gasteiger partial charge on any atom is -0.356 e. The molecule has 1 aromatic rings. The number of H-pyrrole nitrogens is 1. The van der Waals surface area contributed by atoms with Gasteiger partial charge in [-0.1, -0.05) is 13.8 Å². The third-order valence-electron chi connectivity index (χ3n) is 3.45. The van der Waals surface area contributed by atoms with Crippen LogP contribution in [0.15, 0.2) is 10.9 Å². The zero-order valence-corrected chi connectivity index (χ0v) is 10.7. The van der Waals surface area contributed by atoms with E-state index in [1.54, 1.807) is 6.07 Å². The van der Waals surface area contributed by atoms with Crippen molar-refractivity contribution in [1.29, 1.82) is 0 Å². The molecule has 1 aromatic heterocycles. The first-order chi connectivity index (χ1) is 8.19. The van der Waals surface area contributed by atoms with Gasteiger partial charge in [0.15, 0.2) is 0 Å². The van der Waals surface area contributed by atoms with E-state index in [-0.39, 0.29) is 5.56 Å². The quantitative estimate of drug-likeness (QED) is 0.852. The Balaban J connectivity index is 2.20. The van der Waals surface area contributed by atoms with Crippen LogP contribution in [0.1, 0.15) is 38.9 Å². The molecule has 0 radical (unpaired) electrons. The van der Waals surface area contributed by atoms with Crippen molar-refractivity contribution in [2.45, 2.75) is 39.5 Å². The van der Waals surface area contributed by atoms with Gasteiger partial charge >= 0.3 is 0 Å². The fourth-order valence-electron chi connectivity index (χ4n) is 2.32. The summed E-state index contributed by atoms with van der Waals surface area (Å²) >= 11 is 0. The normalized spacial score (nSPS) is 21.3. The van der Waals surface area contributed by atoms with E-state index in [2.05, 4.69) is 21.8 Å². The van der Waals surface area contributed by atoms with Crippen LogP contribution in [0.25, 0.3) is 0 Å². The van der Waals surface area contributed by atoms with Crippen molar-refractivity contribution >= 4 is 5.82 Å². The largest absolute Gasteiger partial charge is 0.356 e. The van der Waals surface area contributed by atoms with Gasteiger partial charge in [0, 0.05) is 25.6 Å². The number of nitrogens with zero attached hydrogens (tertiary/aromatic N) is 2. The van der Waals surface area contributed by atoms with Crippen molar-refractivity contribution in [3.05, 3.63) is 22.2 Å². The highest BCUT2D eigenvalue weighted by molar-refractivity contribution is 5.37. The second-order valence-corrected chi connectivity index (χ2v) is 4.93. The molecule has 1 saturated heterocycles. The molecule has 0 saturated carbocycles. The molecule has 17 heavy (non-hydrogen) atoms. The first-order valence-electron chi connectivity index (χ1n) is 6.54. The molecule has 0 spiro atoms. The van der Waals surface area contributed by atoms with Gasteiger partial charge in [0.05, 0.1) is 0 Å². The van der Waals surface area contributed by atoms with Crippen molar-refractivity contribution in [3.8, 4) is 0 Å². The van der Waals surface area contributed by atoms with Crippen LogP contribution in [-0.4, -0.2) is 23.1 Å². The molecule has 0 bridgehead atoms. The Bertz CT molecular complexity index is 427. The number of hydrogen-bond acceptors (Lipinski definition) is 3. The predicted molar refractivity (Wildman–Crippen MR) is 69.5 cm³/mol. The number of nitrogens with one attached hydrogen (secondary N) is 1. The summed E-state index contributed by atoms with van der Waals surface area (Å²) in [5.41, 5.74) is -0.0378. The molecular formula is C13H21N3O. The molecule has 1 N–H and O–H groups in total. The van der Waals surface area contributed by atoms with Crippen LogP contribution < -0.4 is 10.5 Å². The average molecular weight is 235 g/mol. The van der Waals surface area contributed by atoms with Gasteiger partial charge < -0.3 is 9.88 Å². The Morgan fingerprint density at radius 1 is 1.47 bits per heavy atom. The fraction of sp³-hybridized carbons (Fsp3) is 0.692. The van der Waals surface area contributed by atoms with E-state index in [0.29, 0.717) is 0 Å². The zero-order valence-electron chi connectivity index (χ0n) is 10.7. The maximum atomic E-state index is 11.5. The molecule has 0 aromatic carbocycles. The summed E-state index contributed by atoms with van der Waals surface area (Å²) in [5.74, 6) is 2.41. The van der Waals surface area contributed by atoms with Crippen molar-refractivity contribution in [1.82, 2.24) is 9.97 Å².